The third kappa shape index (κ3) is 1.59. The standard InChI is InChI=1S/C7H9NO3/c8-4-5(7(9)10)6-2-1-3-11-6/h1-3,5H,4,8H2,(H,9,10). The van der Waals surface area contributed by atoms with E-state index in [1.165, 1.54) is 6.26 Å². The SMILES string of the molecule is NCC(C(=O)O)c1ccco1. The summed E-state index contributed by atoms with van der Waals surface area (Å²) in [5, 5.41) is 8.61. The first-order chi connectivity index (χ1) is 5.25. The zero-order valence-electron chi connectivity index (χ0n) is 5.86. The van der Waals surface area contributed by atoms with E-state index in [9.17, 15) is 4.79 Å². The largest absolute Gasteiger partial charge is 0.481 e. The molecule has 1 unspecified atom stereocenters. The molecule has 0 spiro atoms. The molecule has 0 saturated carbocycles. The Morgan fingerprint density at radius 1 is 1.82 bits per heavy atom. The smallest absolute Gasteiger partial charge is 0.315 e. The zero-order valence-corrected chi connectivity index (χ0v) is 5.86. The maximum absolute atomic E-state index is 10.5. The van der Waals surface area contributed by atoms with Crippen molar-refractivity contribution >= 4 is 5.97 Å². The molecule has 0 saturated heterocycles. The fraction of sp³-hybridized carbons (Fsp3) is 0.286. The van der Waals surface area contributed by atoms with Crippen LogP contribution in [0.1, 0.15) is 11.7 Å². The van der Waals surface area contributed by atoms with Gasteiger partial charge >= 0.3 is 5.97 Å². The van der Waals surface area contributed by atoms with Crippen molar-refractivity contribution in [3.05, 3.63) is 24.2 Å². The summed E-state index contributed by atoms with van der Waals surface area (Å²) in [7, 11) is 0. The molecule has 0 aliphatic carbocycles. The average Bonchev–Trinajstić information content (AvgIpc) is 2.40. The lowest BCUT2D eigenvalue weighted by Crippen LogP contribution is -2.20. The van der Waals surface area contributed by atoms with Gasteiger partial charge in [-0.05, 0) is 12.1 Å². The number of furan rings is 1. The summed E-state index contributed by atoms with van der Waals surface area (Å²) < 4.78 is 4.89. The minimum absolute atomic E-state index is 0.0584. The van der Waals surface area contributed by atoms with Gasteiger partial charge in [0.05, 0.1) is 6.26 Å². The van der Waals surface area contributed by atoms with E-state index in [1.807, 2.05) is 0 Å². The van der Waals surface area contributed by atoms with Gasteiger partial charge in [0.15, 0.2) is 0 Å². The number of hydrogen-bond acceptors (Lipinski definition) is 3. The molecule has 11 heavy (non-hydrogen) atoms. The van der Waals surface area contributed by atoms with Crippen molar-refractivity contribution in [2.75, 3.05) is 6.54 Å². The maximum Gasteiger partial charge on any atom is 0.315 e. The van der Waals surface area contributed by atoms with Crippen molar-refractivity contribution in [1.29, 1.82) is 0 Å². The lowest BCUT2D eigenvalue weighted by atomic mass is 10.1. The van der Waals surface area contributed by atoms with E-state index in [2.05, 4.69) is 0 Å². The molecular formula is C7H9NO3. The quantitative estimate of drug-likeness (QED) is 0.662. The van der Waals surface area contributed by atoms with Crippen LogP contribution in [0.3, 0.4) is 0 Å². The van der Waals surface area contributed by atoms with Crippen molar-refractivity contribution in [3.63, 3.8) is 0 Å². The van der Waals surface area contributed by atoms with Gasteiger partial charge in [0.1, 0.15) is 11.7 Å². The van der Waals surface area contributed by atoms with Gasteiger partial charge in [-0.3, -0.25) is 4.79 Å². The van der Waals surface area contributed by atoms with Crippen LogP contribution < -0.4 is 5.73 Å². The predicted octanol–water partition coefficient (Wildman–Crippen LogP) is 0.406. The molecule has 1 aromatic rings. The van der Waals surface area contributed by atoms with Gasteiger partial charge in [0.2, 0.25) is 0 Å². The molecule has 0 fully saturated rings. The Morgan fingerprint density at radius 2 is 2.55 bits per heavy atom. The molecule has 0 aromatic carbocycles. The first-order valence-electron chi connectivity index (χ1n) is 3.22. The van der Waals surface area contributed by atoms with Gasteiger partial charge in [0.25, 0.3) is 0 Å². The summed E-state index contributed by atoms with van der Waals surface area (Å²) in [4.78, 5) is 10.5. The molecule has 0 amide bonds. The van der Waals surface area contributed by atoms with E-state index < -0.39 is 11.9 Å². The van der Waals surface area contributed by atoms with Gasteiger partial charge in [-0.1, -0.05) is 0 Å². The van der Waals surface area contributed by atoms with Crippen LogP contribution in [0.4, 0.5) is 0 Å². The Kier molecular flexibility index (Phi) is 2.28. The first kappa shape index (κ1) is 7.81. The number of nitrogens with two attached hydrogens (primary N) is 1. The first-order valence-corrected chi connectivity index (χ1v) is 3.22. The second kappa shape index (κ2) is 3.21. The van der Waals surface area contributed by atoms with Crippen LogP contribution in [-0.2, 0) is 4.79 Å². The maximum atomic E-state index is 10.5. The molecule has 0 aliphatic heterocycles. The van der Waals surface area contributed by atoms with Crippen molar-refractivity contribution in [3.8, 4) is 0 Å². The predicted molar refractivity (Wildman–Crippen MR) is 38.1 cm³/mol. The molecule has 1 heterocycles. The normalized spacial score (nSPS) is 12.8. The molecule has 0 bridgehead atoms. The number of carbonyl (C=O) groups is 1. The fourth-order valence-corrected chi connectivity index (χ4v) is 0.828. The monoisotopic (exact) mass is 155 g/mol. The lowest BCUT2D eigenvalue weighted by molar-refractivity contribution is -0.138. The van der Waals surface area contributed by atoms with Crippen LogP contribution in [-0.4, -0.2) is 17.6 Å². The van der Waals surface area contributed by atoms with Crippen molar-refractivity contribution < 1.29 is 14.3 Å². The van der Waals surface area contributed by atoms with Crippen molar-refractivity contribution in [1.82, 2.24) is 0 Å². The lowest BCUT2D eigenvalue weighted by Gasteiger charge is -2.04. The highest BCUT2D eigenvalue weighted by molar-refractivity contribution is 5.75. The highest BCUT2D eigenvalue weighted by atomic mass is 16.4. The van der Waals surface area contributed by atoms with Crippen LogP contribution in [0.2, 0.25) is 0 Å². The third-order valence-electron chi connectivity index (χ3n) is 1.42. The molecule has 1 rings (SSSR count). The molecule has 4 nitrogen and oxygen atoms in total. The minimum atomic E-state index is -0.956. The number of carboxylic acid groups (broad SMARTS) is 1. The second-order valence-electron chi connectivity index (χ2n) is 2.14. The van der Waals surface area contributed by atoms with Crippen LogP contribution >= 0.6 is 0 Å². The Bertz CT molecular complexity index is 230. The number of carboxylic acids is 1. The van der Waals surface area contributed by atoms with Crippen molar-refractivity contribution in [2.24, 2.45) is 5.73 Å². The van der Waals surface area contributed by atoms with Gasteiger partial charge in [0, 0.05) is 6.54 Å². The summed E-state index contributed by atoms with van der Waals surface area (Å²) in [5.41, 5.74) is 5.22. The van der Waals surface area contributed by atoms with E-state index in [4.69, 9.17) is 15.3 Å². The van der Waals surface area contributed by atoms with Crippen LogP contribution in [0.15, 0.2) is 22.8 Å². The summed E-state index contributed by atoms with van der Waals surface area (Å²) in [6, 6.07) is 3.24. The van der Waals surface area contributed by atoms with E-state index >= 15 is 0 Å². The molecule has 1 aromatic heterocycles. The van der Waals surface area contributed by atoms with E-state index in [-0.39, 0.29) is 6.54 Å². The number of rotatable bonds is 3. The molecule has 0 aliphatic rings. The molecule has 0 radical (unpaired) electrons. The Hall–Kier alpha value is -1.29. The third-order valence-corrected chi connectivity index (χ3v) is 1.42. The van der Waals surface area contributed by atoms with E-state index in [1.54, 1.807) is 12.1 Å². The fourth-order valence-electron chi connectivity index (χ4n) is 0.828. The van der Waals surface area contributed by atoms with Crippen LogP contribution in [0.25, 0.3) is 0 Å². The molecule has 60 valence electrons. The number of hydrogen-bond donors (Lipinski definition) is 2. The summed E-state index contributed by atoms with van der Waals surface area (Å²) in [5.74, 6) is -1.27. The minimum Gasteiger partial charge on any atom is -0.481 e. The van der Waals surface area contributed by atoms with Crippen LogP contribution in [0.5, 0.6) is 0 Å². The summed E-state index contributed by atoms with van der Waals surface area (Å²) in [6.07, 6.45) is 1.43. The topological polar surface area (TPSA) is 76.5 Å². The van der Waals surface area contributed by atoms with Gasteiger partial charge in [-0.15, -0.1) is 0 Å². The molecular weight excluding hydrogens is 146 g/mol. The second-order valence-corrected chi connectivity index (χ2v) is 2.14. The zero-order chi connectivity index (χ0) is 8.27. The highest BCUT2D eigenvalue weighted by Gasteiger charge is 2.19. The summed E-state index contributed by atoms with van der Waals surface area (Å²) >= 11 is 0. The average molecular weight is 155 g/mol. The highest BCUT2D eigenvalue weighted by Crippen LogP contribution is 2.14. The van der Waals surface area contributed by atoms with Gasteiger partial charge < -0.3 is 15.3 Å². The van der Waals surface area contributed by atoms with E-state index in [0.29, 0.717) is 5.76 Å². The molecule has 1 atom stereocenters. The van der Waals surface area contributed by atoms with Gasteiger partial charge in [-0.2, -0.15) is 0 Å². The summed E-state index contributed by atoms with van der Waals surface area (Å²) in [6.45, 7) is 0.0584. The Balaban J connectivity index is 2.79. The van der Waals surface area contributed by atoms with Gasteiger partial charge in [-0.25, -0.2) is 0 Å². The van der Waals surface area contributed by atoms with Crippen molar-refractivity contribution in [2.45, 2.75) is 5.92 Å². The van der Waals surface area contributed by atoms with Crippen LogP contribution in [0, 0.1) is 0 Å². The molecule has 4 heteroatoms. The van der Waals surface area contributed by atoms with E-state index in [0.717, 1.165) is 0 Å². The number of aliphatic carboxylic acids is 1. The molecule has 3 N–H and O–H groups in total. The Labute approximate surface area is 63.6 Å². The Morgan fingerprint density at radius 3 is 2.91 bits per heavy atom.